The van der Waals surface area contributed by atoms with E-state index >= 15 is 0 Å². The molecule has 168 valence electrons. The fraction of sp³-hybridized carbons (Fsp3) is 0.524. The number of nitrogens with one attached hydrogen (secondary N) is 1. The van der Waals surface area contributed by atoms with Gasteiger partial charge in [-0.05, 0) is 37.5 Å². The summed E-state index contributed by atoms with van der Waals surface area (Å²) in [6.45, 7) is 3.61. The first-order chi connectivity index (χ1) is 15.1. The second-order valence-corrected chi connectivity index (χ2v) is 10.6. The number of anilines is 1. The Kier molecular flexibility index (Phi) is 7.21. The Morgan fingerprint density at radius 3 is 2.61 bits per heavy atom. The van der Waals surface area contributed by atoms with Crippen LogP contribution in [-0.2, 0) is 21.2 Å². The number of nitrogens with zero attached hydrogens (tertiary/aromatic N) is 3. The van der Waals surface area contributed by atoms with Crippen LogP contribution in [0.3, 0.4) is 0 Å². The monoisotopic (exact) mass is 464 g/mol. The van der Waals surface area contributed by atoms with Crippen molar-refractivity contribution in [3.05, 3.63) is 40.3 Å². The van der Waals surface area contributed by atoms with Crippen LogP contribution in [0.15, 0.2) is 34.7 Å². The molecule has 0 radical (unpaired) electrons. The first kappa shape index (κ1) is 22.2. The molecular weight excluding hydrogens is 436 g/mol. The zero-order valence-electron chi connectivity index (χ0n) is 17.5. The van der Waals surface area contributed by atoms with Gasteiger partial charge in [0.1, 0.15) is 0 Å². The Bertz CT molecular complexity index is 983. The summed E-state index contributed by atoms with van der Waals surface area (Å²) in [5.41, 5.74) is 1.21. The molecule has 2 fully saturated rings. The van der Waals surface area contributed by atoms with Crippen LogP contribution >= 0.6 is 11.3 Å². The van der Waals surface area contributed by atoms with Crippen LogP contribution in [0.2, 0.25) is 0 Å². The van der Waals surface area contributed by atoms with Crippen molar-refractivity contribution in [1.82, 2.24) is 14.6 Å². The van der Waals surface area contributed by atoms with Gasteiger partial charge < -0.3 is 15.0 Å². The second-order valence-electron chi connectivity index (χ2n) is 7.67. The highest BCUT2D eigenvalue weighted by Gasteiger charge is 2.28. The molecule has 0 aliphatic carbocycles. The predicted octanol–water partition coefficient (Wildman–Crippen LogP) is 2.13. The van der Waals surface area contributed by atoms with E-state index in [1.165, 1.54) is 16.8 Å². The molecule has 1 N–H and O–H groups in total. The number of piperidine rings is 1. The highest BCUT2D eigenvalue weighted by Crippen LogP contribution is 2.28. The maximum atomic E-state index is 13.1. The van der Waals surface area contributed by atoms with Gasteiger partial charge in [-0.25, -0.2) is 13.4 Å². The van der Waals surface area contributed by atoms with Gasteiger partial charge in [-0.15, -0.1) is 11.3 Å². The van der Waals surface area contributed by atoms with E-state index in [0.29, 0.717) is 44.8 Å². The Balaban J connectivity index is 1.58. The standard InChI is InChI=1S/C21H28N4O4S2/c26-21(23-7-6-20-22-8-15-30-20)18-16-17(31(27,28)25-11-13-29-14-12-25)4-5-19(18)24-9-2-1-3-10-24/h4-5,8,15-16H,1-3,6-7,9-14H2,(H,23,26). The maximum Gasteiger partial charge on any atom is 0.253 e. The van der Waals surface area contributed by atoms with Crippen LogP contribution in [0.4, 0.5) is 5.69 Å². The predicted molar refractivity (Wildman–Crippen MR) is 120 cm³/mol. The normalized spacial score (nSPS) is 18.1. The van der Waals surface area contributed by atoms with Crippen molar-refractivity contribution in [1.29, 1.82) is 0 Å². The van der Waals surface area contributed by atoms with E-state index in [1.807, 2.05) is 5.38 Å². The fourth-order valence-electron chi connectivity index (χ4n) is 3.96. The summed E-state index contributed by atoms with van der Waals surface area (Å²) in [7, 11) is -3.68. The maximum absolute atomic E-state index is 13.1. The molecule has 2 saturated heterocycles. The number of sulfonamides is 1. The molecule has 10 heteroatoms. The quantitative estimate of drug-likeness (QED) is 0.675. The van der Waals surface area contributed by atoms with Gasteiger partial charge in [0.25, 0.3) is 5.91 Å². The number of amides is 1. The summed E-state index contributed by atoms with van der Waals surface area (Å²) >= 11 is 1.55. The molecule has 1 aromatic carbocycles. The van der Waals surface area contributed by atoms with Gasteiger partial charge in [0.2, 0.25) is 10.0 Å². The molecule has 0 atom stereocenters. The Hall–Kier alpha value is -2.01. The molecule has 31 heavy (non-hydrogen) atoms. The van der Waals surface area contributed by atoms with Crippen molar-refractivity contribution in [3.8, 4) is 0 Å². The Morgan fingerprint density at radius 2 is 1.90 bits per heavy atom. The summed E-state index contributed by atoms with van der Waals surface area (Å²) in [6.07, 6.45) is 5.71. The zero-order chi connectivity index (χ0) is 21.7. The summed E-state index contributed by atoms with van der Waals surface area (Å²) in [5.74, 6) is -0.254. The third-order valence-corrected chi connectivity index (χ3v) is 8.36. The van der Waals surface area contributed by atoms with Gasteiger partial charge in [-0.2, -0.15) is 4.31 Å². The van der Waals surface area contributed by atoms with Crippen LogP contribution in [-0.4, -0.2) is 69.6 Å². The minimum Gasteiger partial charge on any atom is -0.379 e. The molecule has 1 amide bonds. The first-order valence-corrected chi connectivity index (χ1v) is 13.0. The number of hydrogen-bond acceptors (Lipinski definition) is 7. The molecule has 8 nitrogen and oxygen atoms in total. The molecule has 0 bridgehead atoms. The van der Waals surface area contributed by atoms with Gasteiger partial charge >= 0.3 is 0 Å². The number of aromatic nitrogens is 1. The van der Waals surface area contributed by atoms with Gasteiger partial charge in [0, 0.05) is 56.4 Å². The number of carbonyl (C=O) groups excluding carboxylic acids is 1. The molecule has 0 saturated carbocycles. The van der Waals surface area contributed by atoms with Crippen molar-refractivity contribution in [2.24, 2.45) is 0 Å². The number of carbonyl (C=O) groups is 1. The van der Waals surface area contributed by atoms with Crippen LogP contribution in [0.1, 0.15) is 34.6 Å². The molecule has 4 rings (SSSR count). The van der Waals surface area contributed by atoms with E-state index in [9.17, 15) is 13.2 Å². The summed E-state index contributed by atoms with van der Waals surface area (Å²) < 4.78 is 33.0. The van der Waals surface area contributed by atoms with E-state index in [1.54, 1.807) is 29.7 Å². The van der Waals surface area contributed by atoms with Crippen molar-refractivity contribution in [3.63, 3.8) is 0 Å². The average molecular weight is 465 g/mol. The number of ether oxygens (including phenoxy) is 1. The lowest BCUT2D eigenvalue weighted by Gasteiger charge is -2.31. The third kappa shape index (κ3) is 5.25. The lowest BCUT2D eigenvalue weighted by molar-refractivity contribution is 0.0730. The molecule has 2 aliphatic heterocycles. The molecule has 2 aromatic rings. The average Bonchev–Trinajstić information content (AvgIpc) is 3.33. The van der Waals surface area contributed by atoms with Crippen molar-refractivity contribution in [2.75, 3.05) is 50.8 Å². The molecule has 2 aliphatic rings. The number of benzene rings is 1. The topological polar surface area (TPSA) is 91.8 Å². The zero-order valence-corrected chi connectivity index (χ0v) is 19.1. The van der Waals surface area contributed by atoms with Crippen molar-refractivity contribution >= 4 is 33.0 Å². The van der Waals surface area contributed by atoms with Gasteiger partial charge in [-0.1, -0.05) is 0 Å². The Morgan fingerprint density at radius 1 is 1.13 bits per heavy atom. The highest BCUT2D eigenvalue weighted by molar-refractivity contribution is 7.89. The highest BCUT2D eigenvalue weighted by atomic mass is 32.2. The minimum atomic E-state index is -3.68. The van der Waals surface area contributed by atoms with Gasteiger partial charge in [0.05, 0.1) is 28.7 Å². The SMILES string of the molecule is O=C(NCCc1nccs1)c1cc(S(=O)(=O)N2CCOCC2)ccc1N1CCCCC1. The van der Waals surface area contributed by atoms with Crippen LogP contribution in [0.25, 0.3) is 0 Å². The van der Waals surface area contributed by atoms with E-state index in [2.05, 4.69) is 15.2 Å². The van der Waals surface area contributed by atoms with Gasteiger partial charge in [-0.3, -0.25) is 4.79 Å². The Labute approximate surface area is 187 Å². The van der Waals surface area contributed by atoms with Crippen molar-refractivity contribution in [2.45, 2.75) is 30.6 Å². The number of rotatable bonds is 7. The molecule has 1 aromatic heterocycles. The van der Waals surface area contributed by atoms with E-state index in [0.717, 1.165) is 36.6 Å². The molecule has 3 heterocycles. The van der Waals surface area contributed by atoms with E-state index in [-0.39, 0.29) is 10.8 Å². The minimum absolute atomic E-state index is 0.153. The number of hydrogen-bond donors (Lipinski definition) is 1. The van der Waals surface area contributed by atoms with Crippen molar-refractivity contribution < 1.29 is 17.9 Å². The lowest BCUT2D eigenvalue weighted by atomic mass is 10.1. The summed E-state index contributed by atoms with van der Waals surface area (Å²) in [6, 6.07) is 4.95. The largest absolute Gasteiger partial charge is 0.379 e. The first-order valence-electron chi connectivity index (χ1n) is 10.7. The fourth-order valence-corrected chi connectivity index (χ4v) is 6.01. The van der Waals surface area contributed by atoms with Crippen LogP contribution in [0, 0.1) is 0 Å². The molecular formula is C21H28N4O4S2. The molecule has 0 spiro atoms. The van der Waals surface area contributed by atoms with Crippen LogP contribution < -0.4 is 10.2 Å². The third-order valence-electron chi connectivity index (χ3n) is 5.63. The second kappa shape index (κ2) is 10.1. The summed E-state index contributed by atoms with van der Waals surface area (Å²) in [4.78, 5) is 19.7. The smallest absolute Gasteiger partial charge is 0.253 e. The number of morpholine rings is 1. The lowest BCUT2D eigenvalue weighted by Crippen LogP contribution is -2.40. The van der Waals surface area contributed by atoms with E-state index in [4.69, 9.17) is 4.74 Å². The summed E-state index contributed by atoms with van der Waals surface area (Å²) in [5, 5.41) is 5.81. The van der Waals surface area contributed by atoms with E-state index < -0.39 is 10.0 Å². The van der Waals surface area contributed by atoms with Crippen LogP contribution in [0.5, 0.6) is 0 Å². The molecule has 0 unspecified atom stereocenters. The number of thiazole rings is 1. The van der Waals surface area contributed by atoms with Gasteiger partial charge in [0.15, 0.2) is 0 Å².